The van der Waals surface area contributed by atoms with Crippen molar-refractivity contribution in [3.8, 4) is 0 Å². The number of ketones is 1. The molecule has 0 unspecified atom stereocenters. The van der Waals surface area contributed by atoms with Crippen molar-refractivity contribution < 1.29 is 4.79 Å². The summed E-state index contributed by atoms with van der Waals surface area (Å²) < 4.78 is 1.68. The van der Waals surface area contributed by atoms with E-state index in [0.717, 1.165) is 36.0 Å². The molecule has 1 aromatic carbocycles. The number of nitrogens with zero attached hydrogens (tertiary/aromatic N) is 2. The maximum atomic E-state index is 12.2. The molecular weight excluding hydrogens is 336 g/mol. The molecule has 0 saturated carbocycles. The van der Waals surface area contributed by atoms with E-state index in [4.69, 9.17) is 0 Å². The molecule has 4 nitrogen and oxygen atoms in total. The van der Waals surface area contributed by atoms with Crippen LogP contribution in [0.5, 0.6) is 0 Å². The zero-order valence-corrected chi connectivity index (χ0v) is 15.6. The first-order valence-corrected chi connectivity index (χ1v) is 9.36. The summed E-state index contributed by atoms with van der Waals surface area (Å²) in [5.74, 6) is 0.162. The third kappa shape index (κ3) is 5.23. The van der Waals surface area contributed by atoms with Gasteiger partial charge in [-0.05, 0) is 41.7 Å². The highest BCUT2D eigenvalue weighted by molar-refractivity contribution is 5.95. The van der Waals surface area contributed by atoms with Gasteiger partial charge in [-0.1, -0.05) is 43.7 Å². The van der Waals surface area contributed by atoms with Gasteiger partial charge in [0.25, 0.3) is 5.56 Å². The van der Waals surface area contributed by atoms with Crippen LogP contribution in [-0.2, 0) is 13.0 Å². The molecule has 2 heterocycles. The molecule has 0 amide bonds. The number of hydrogen-bond acceptors (Lipinski definition) is 3. The highest BCUT2D eigenvalue weighted by Gasteiger charge is 2.07. The first kappa shape index (κ1) is 18.8. The van der Waals surface area contributed by atoms with E-state index in [2.05, 4.69) is 24.0 Å². The molecule has 3 rings (SSSR count). The quantitative estimate of drug-likeness (QED) is 0.564. The van der Waals surface area contributed by atoms with Crippen molar-refractivity contribution in [2.75, 3.05) is 0 Å². The Morgan fingerprint density at radius 2 is 1.78 bits per heavy atom. The highest BCUT2D eigenvalue weighted by Crippen LogP contribution is 2.14. The van der Waals surface area contributed by atoms with Crippen molar-refractivity contribution >= 4 is 5.78 Å². The Hall–Kier alpha value is -3.01. The number of hydrogen-bond donors (Lipinski definition) is 0. The maximum Gasteiger partial charge on any atom is 0.250 e. The minimum absolute atomic E-state index is 0.00259. The lowest BCUT2D eigenvalue weighted by molar-refractivity contribution is 0.0979. The normalized spacial score (nSPS) is 10.7. The Labute approximate surface area is 159 Å². The standard InChI is InChI=1S/C23H24N2O2/c1-2-3-6-22(26)21-14-20(15-24-16-21)13-18-8-10-19(11-9-18)17-25-12-5-4-7-23(25)27/h4-5,7-12,14-16H,2-3,6,13,17H2,1H3. The molecule has 0 spiro atoms. The minimum Gasteiger partial charge on any atom is -0.311 e. The van der Waals surface area contributed by atoms with E-state index in [9.17, 15) is 9.59 Å². The molecule has 0 radical (unpaired) electrons. The van der Waals surface area contributed by atoms with Crippen molar-refractivity contribution in [1.82, 2.24) is 9.55 Å². The predicted molar refractivity (Wildman–Crippen MR) is 107 cm³/mol. The Bertz CT molecular complexity index is 958. The van der Waals surface area contributed by atoms with Gasteiger partial charge in [-0.2, -0.15) is 0 Å². The second-order valence-corrected chi connectivity index (χ2v) is 6.77. The van der Waals surface area contributed by atoms with Gasteiger partial charge in [-0.25, -0.2) is 0 Å². The van der Waals surface area contributed by atoms with E-state index >= 15 is 0 Å². The van der Waals surface area contributed by atoms with Crippen LogP contribution in [0.3, 0.4) is 0 Å². The first-order valence-electron chi connectivity index (χ1n) is 9.36. The van der Waals surface area contributed by atoms with Crippen LogP contribution in [0.15, 0.2) is 71.9 Å². The van der Waals surface area contributed by atoms with Crippen LogP contribution in [0.4, 0.5) is 0 Å². The molecule has 0 atom stereocenters. The van der Waals surface area contributed by atoms with Crippen LogP contribution < -0.4 is 5.56 Å². The third-order valence-electron chi connectivity index (χ3n) is 4.56. The predicted octanol–water partition coefficient (Wildman–Crippen LogP) is 4.26. The maximum absolute atomic E-state index is 12.2. The Morgan fingerprint density at radius 3 is 2.52 bits per heavy atom. The molecule has 138 valence electrons. The molecule has 4 heteroatoms. The molecule has 0 bridgehead atoms. The smallest absolute Gasteiger partial charge is 0.250 e. The van der Waals surface area contributed by atoms with Crippen molar-refractivity contribution in [2.45, 2.75) is 39.2 Å². The Morgan fingerprint density at radius 1 is 1.00 bits per heavy atom. The summed E-state index contributed by atoms with van der Waals surface area (Å²) in [5.41, 5.74) is 3.95. The highest BCUT2D eigenvalue weighted by atomic mass is 16.1. The fraction of sp³-hybridized carbons (Fsp3) is 0.261. The Kier molecular flexibility index (Phi) is 6.31. The fourth-order valence-electron chi connectivity index (χ4n) is 3.00. The van der Waals surface area contributed by atoms with Gasteiger partial charge >= 0.3 is 0 Å². The Balaban J connectivity index is 1.67. The summed E-state index contributed by atoms with van der Waals surface area (Å²) in [6, 6.07) is 15.3. The average molecular weight is 360 g/mol. The number of unbranched alkanes of at least 4 members (excludes halogenated alkanes) is 1. The summed E-state index contributed by atoms with van der Waals surface area (Å²) in [5, 5.41) is 0. The number of carbonyl (C=O) groups excluding carboxylic acids is 1. The van der Waals surface area contributed by atoms with E-state index < -0.39 is 0 Å². The number of Topliss-reactive ketones (excluding diaryl/α,β-unsaturated/α-hetero) is 1. The number of carbonyl (C=O) groups is 1. The molecule has 27 heavy (non-hydrogen) atoms. The summed E-state index contributed by atoms with van der Waals surface area (Å²) in [4.78, 5) is 28.2. The monoisotopic (exact) mass is 360 g/mol. The van der Waals surface area contributed by atoms with Gasteiger partial charge in [-0.3, -0.25) is 14.6 Å². The topological polar surface area (TPSA) is 52.0 Å². The van der Waals surface area contributed by atoms with Gasteiger partial charge < -0.3 is 4.57 Å². The van der Waals surface area contributed by atoms with Gasteiger partial charge in [0, 0.05) is 36.6 Å². The lowest BCUT2D eigenvalue weighted by atomic mass is 10.0. The fourth-order valence-corrected chi connectivity index (χ4v) is 3.00. The van der Waals surface area contributed by atoms with Gasteiger partial charge in [0.05, 0.1) is 6.54 Å². The van der Waals surface area contributed by atoms with Gasteiger partial charge in [0.2, 0.25) is 0 Å². The van der Waals surface area contributed by atoms with Crippen LogP contribution in [0.1, 0.15) is 53.2 Å². The molecule has 0 aliphatic carbocycles. The van der Waals surface area contributed by atoms with Gasteiger partial charge in [0.1, 0.15) is 0 Å². The second-order valence-electron chi connectivity index (χ2n) is 6.77. The number of pyridine rings is 2. The lowest BCUT2D eigenvalue weighted by Gasteiger charge is -2.08. The third-order valence-corrected chi connectivity index (χ3v) is 4.56. The molecule has 3 aromatic rings. The molecule has 0 aliphatic heterocycles. The first-order chi connectivity index (χ1) is 13.2. The van der Waals surface area contributed by atoms with E-state index in [1.807, 2.05) is 30.5 Å². The molecule has 2 aromatic heterocycles. The van der Waals surface area contributed by atoms with Crippen LogP contribution >= 0.6 is 0 Å². The SMILES string of the molecule is CCCCC(=O)c1cncc(Cc2ccc(Cn3ccccc3=O)cc2)c1. The minimum atomic E-state index is -0.00259. The van der Waals surface area contributed by atoms with Crippen LogP contribution in [0, 0.1) is 0 Å². The van der Waals surface area contributed by atoms with Crippen LogP contribution in [-0.4, -0.2) is 15.3 Å². The van der Waals surface area contributed by atoms with Crippen molar-refractivity contribution in [3.63, 3.8) is 0 Å². The second kappa shape index (κ2) is 9.08. The van der Waals surface area contributed by atoms with Crippen LogP contribution in [0.2, 0.25) is 0 Å². The van der Waals surface area contributed by atoms with Crippen LogP contribution in [0.25, 0.3) is 0 Å². The molecule has 0 saturated heterocycles. The number of aromatic nitrogens is 2. The zero-order chi connectivity index (χ0) is 19.1. The van der Waals surface area contributed by atoms with Crippen molar-refractivity contribution in [2.24, 2.45) is 0 Å². The summed E-state index contributed by atoms with van der Waals surface area (Å²) in [7, 11) is 0. The zero-order valence-electron chi connectivity index (χ0n) is 15.6. The summed E-state index contributed by atoms with van der Waals surface area (Å²) >= 11 is 0. The molecule has 0 aliphatic rings. The van der Waals surface area contributed by atoms with Crippen molar-refractivity contribution in [1.29, 1.82) is 0 Å². The largest absolute Gasteiger partial charge is 0.311 e. The van der Waals surface area contributed by atoms with E-state index in [1.54, 1.807) is 29.1 Å². The van der Waals surface area contributed by atoms with Gasteiger partial charge in [-0.15, -0.1) is 0 Å². The lowest BCUT2D eigenvalue weighted by Crippen LogP contribution is -2.18. The summed E-state index contributed by atoms with van der Waals surface area (Å²) in [6.45, 7) is 2.64. The van der Waals surface area contributed by atoms with Crippen molar-refractivity contribution in [3.05, 3.63) is 99.7 Å². The van der Waals surface area contributed by atoms with Gasteiger partial charge in [0.15, 0.2) is 5.78 Å². The molecule has 0 fully saturated rings. The summed E-state index contributed by atoms with van der Waals surface area (Å²) in [6.07, 6.45) is 8.50. The van der Waals surface area contributed by atoms with E-state index in [1.165, 1.54) is 0 Å². The molecular formula is C23H24N2O2. The van der Waals surface area contributed by atoms with E-state index in [-0.39, 0.29) is 11.3 Å². The number of benzene rings is 1. The molecule has 0 N–H and O–H groups in total. The number of rotatable bonds is 8. The average Bonchev–Trinajstić information content (AvgIpc) is 2.69. The van der Waals surface area contributed by atoms with E-state index in [0.29, 0.717) is 18.5 Å².